The molecule has 0 spiro atoms. The van der Waals surface area contributed by atoms with E-state index in [1.807, 2.05) is 31.2 Å². The van der Waals surface area contributed by atoms with Crippen LogP contribution in [0.4, 0.5) is 0 Å². The van der Waals surface area contributed by atoms with Crippen LogP contribution in [0.15, 0.2) is 24.3 Å². The molecule has 5 heteroatoms. The van der Waals surface area contributed by atoms with Crippen molar-refractivity contribution in [3.63, 3.8) is 0 Å². The second-order valence-corrected chi connectivity index (χ2v) is 5.02. The average molecular weight is 278 g/mol. The maximum absolute atomic E-state index is 11.8. The molecule has 0 aliphatic carbocycles. The van der Waals surface area contributed by atoms with Crippen LogP contribution in [0.3, 0.4) is 0 Å². The van der Waals surface area contributed by atoms with Gasteiger partial charge in [-0.05, 0) is 37.5 Å². The minimum atomic E-state index is -0.359. The van der Waals surface area contributed by atoms with Gasteiger partial charge in [0.05, 0.1) is 12.6 Å². The molecule has 2 atom stereocenters. The van der Waals surface area contributed by atoms with Crippen molar-refractivity contribution in [2.24, 2.45) is 5.73 Å². The molecule has 1 heterocycles. The molecule has 0 saturated carbocycles. The van der Waals surface area contributed by atoms with Gasteiger partial charge in [0.1, 0.15) is 18.5 Å². The molecule has 1 aromatic carbocycles. The number of ether oxygens (including phenoxy) is 2. The van der Waals surface area contributed by atoms with E-state index in [1.54, 1.807) is 0 Å². The molecule has 1 aliphatic heterocycles. The first kappa shape index (κ1) is 14.8. The van der Waals surface area contributed by atoms with Gasteiger partial charge in [-0.3, -0.25) is 4.79 Å². The Labute approximate surface area is 119 Å². The molecular weight excluding hydrogens is 256 g/mol. The van der Waals surface area contributed by atoms with Gasteiger partial charge in [-0.2, -0.15) is 0 Å². The Kier molecular flexibility index (Phi) is 5.38. The molecule has 0 radical (unpaired) electrons. The third-order valence-electron chi connectivity index (χ3n) is 3.32. The van der Waals surface area contributed by atoms with Crippen LogP contribution in [0.25, 0.3) is 0 Å². The highest BCUT2D eigenvalue weighted by Gasteiger charge is 2.29. The Morgan fingerprint density at radius 3 is 3.05 bits per heavy atom. The van der Waals surface area contributed by atoms with Crippen LogP contribution in [0, 0.1) is 6.92 Å². The molecule has 0 bridgehead atoms. The van der Waals surface area contributed by atoms with Gasteiger partial charge in [-0.1, -0.05) is 12.1 Å². The maximum atomic E-state index is 11.8. The van der Waals surface area contributed by atoms with Crippen molar-refractivity contribution >= 4 is 5.91 Å². The van der Waals surface area contributed by atoms with Crippen LogP contribution in [0.2, 0.25) is 0 Å². The topological polar surface area (TPSA) is 73.6 Å². The maximum Gasteiger partial charge on any atom is 0.249 e. The summed E-state index contributed by atoms with van der Waals surface area (Å²) in [5, 5.41) is 2.82. The van der Waals surface area contributed by atoms with Gasteiger partial charge < -0.3 is 20.5 Å². The molecule has 3 N–H and O–H groups in total. The number of carbonyl (C=O) groups is 1. The summed E-state index contributed by atoms with van der Waals surface area (Å²) in [6.45, 7) is 3.41. The smallest absolute Gasteiger partial charge is 0.249 e. The van der Waals surface area contributed by atoms with Gasteiger partial charge in [-0.15, -0.1) is 0 Å². The minimum absolute atomic E-state index is 0.0225. The van der Waals surface area contributed by atoms with E-state index < -0.39 is 0 Å². The van der Waals surface area contributed by atoms with Crippen molar-refractivity contribution in [2.75, 3.05) is 19.7 Å². The Balaban J connectivity index is 1.65. The second kappa shape index (κ2) is 7.26. The van der Waals surface area contributed by atoms with Crippen molar-refractivity contribution < 1.29 is 14.3 Å². The second-order valence-electron chi connectivity index (χ2n) is 5.02. The van der Waals surface area contributed by atoms with Gasteiger partial charge in [0.2, 0.25) is 5.91 Å². The number of hydrogen-bond donors (Lipinski definition) is 2. The predicted octanol–water partition coefficient (Wildman–Crippen LogP) is 0.996. The zero-order chi connectivity index (χ0) is 14.4. The molecule has 2 unspecified atom stereocenters. The molecule has 1 fully saturated rings. The van der Waals surface area contributed by atoms with Gasteiger partial charge in [-0.25, -0.2) is 0 Å². The molecule has 1 amide bonds. The van der Waals surface area contributed by atoms with Crippen LogP contribution >= 0.6 is 0 Å². The Morgan fingerprint density at radius 2 is 2.35 bits per heavy atom. The van der Waals surface area contributed by atoms with Crippen LogP contribution in [0.1, 0.15) is 18.4 Å². The number of aryl methyl sites for hydroxylation is 1. The fourth-order valence-electron chi connectivity index (χ4n) is 2.23. The first-order valence-corrected chi connectivity index (χ1v) is 7.01. The normalized spacial score (nSPS) is 21.7. The highest BCUT2D eigenvalue weighted by molar-refractivity contribution is 5.81. The summed E-state index contributed by atoms with van der Waals surface area (Å²) in [6.07, 6.45) is 1.26. The molecule has 1 aliphatic rings. The number of nitrogens with two attached hydrogens (primary N) is 1. The molecule has 2 rings (SSSR count). The van der Waals surface area contributed by atoms with Crippen LogP contribution in [-0.4, -0.2) is 37.8 Å². The molecular formula is C15H22N2O3. The van der Waals surface area contributed by atoms with E-state index in [4.69, 9.17) is 15.2 Å². The number of rotatable bonds is 6. The predicted molar refractivity (Wildman–Crippen MR) is 76.6 cm³/mol. The van der Waals surface area contributed by atoms with Crippen molar-refractivity contribution in [1.29, 1.82) is 0 Å². The third kappa shape index (κ3) is 4.21. The first-order chi connectivity index (χ1) is 9.69. The van der Waals surface area contributed by atoms with E-state index in [0.29, 0.717) is 19.7 Å². The summed E-state index contributed by atoms with van der Waals surface area (Å²) in [7, 11) is 0. The fourth-order valence-corrected chi connectivity index (χ4v) is 2.23. The lowest BCUT2D eigenvalue weighted by Gasteiger charge is -2.13. The summed E-state index contributed by atoms with van der Waals surface area (Å²) >= 11 is 0. The minimum Gasteiger partial charge on any atom is -0.492 e. The standard InChI is InChI=1S/C15H22N2O3/c1-11-3-2-4-12(9-11)19-8-7-17-15(18)14-6-5-13(10-16)20-14/h2-4,9,13-14H,5-8,10,16H2,1H3,(H,17,18). The number of nitrogens with one attached hydrogen (secondary N) is 1. The molecule has 110 valence electrons. The Morgan fingerprint density at radius 1 is 1.50 bits per heavy atom. The fraction of sp³-hybridized carbons (Fsp3) is 0.533. The Hall–Kier alpha value is -1.59. The largest absolute Gasteiger partial charge is 0.492 e. The number of amides is 1. The molecule has 1 saturated heterocycles. The van der Waals surface area contributed by atoms with Crippen molar-refractivity contribution in [3.05, 3.63) is 29.8 Å². The van der Waals surface area contributed by atoms with Gasteiger partial charge in [0.15, 0.2) is 0 Å². The van der Waals surface area contributed by atoms with Gasteiger partial charge in [0.25, 0.3) is 0 Å². The molecule has 1 aromatic rings. The summed E-state index contributed by atoms with van der Waals surface area (Å²) in [6, 6.07) is 7.83. The number of carbonyl (C=O) groups excluding carboxylic acids is 1. The van der Waals surface area contributed by atoms with E-state index in [0.717, 1.165) is 24.2 Å². The highest BCUT2D eigenvalue weighted by Crippen LogP contribution is 2.18. The van der Waals surface area contributed by atoms with Gasteiger partial charge >= 0.3 is 0 Å². The molecule has 20 heavy (non-hydrogen) atoms. The third-order valence-corrected chi connectivity index (χ3v) is 3.32. The van der Waals surface area contributed by atoms with E-state index in [-0.39, 0.29) is 18.1 Å². The van der Waals surface area contributed by atoms with Crippen LogP contribution in [0.5, 0.6) is 5.75 Å². The summed E-state index contributed by atoms with van der Waals surface area (Å²) < 4.78 is 11.1. The van der Waals surface area contributed by atoms with E-state index in [9.17, 15) is 4.79 Å². The van der Waals surface area contributed by atoms with E-state index >= 15 is 0 Å². The summed E-state index contributed by atoms with van der Waals surface area (Å²) in [5.74, 6) is 0.744. The lowest BCUT2D eigenvalue weighted by Crippen LogP contribution is -2.37. The van der Waals surface area contributed by atoms with Crippen LogP contribution in [-0.2, 0) is 9.53 Å². The lowest BCUT2D eigenvalue weighted by molar-refractivity contribution is -0.131. The van der Waals surface area contributed by atoms with Crippen molar-refractivity contribution in [1.82, 2.24) is 5.32 Å². The SMILES string of the molecule is Cc1cccc(OCCNC(=O)C2CCC(CN)O2)c1. The number of hydrogen-bond acceptors (Lipinski definition) is 4. The first-order valence-electron chi connectivity index (χ1n) is 7.01. The van der Waals surface area contributed by atoms with Crippen molar-refractivity contribution in [2.45, 2.75) is 32.0 Å². The quantitative estimate of drug-likeness (QED) is 0.761. The molecule has 0 aromatic heterocycles. The van der Waals surface area contributed by atoms with Crippen molar-refractivity contribution in [3.8, 4) is 5.75 Å². The zero-order valence-electron chi connectivity index (χ0n) is 11.8. The van der Waals surface area contributed by atoms with Crippen LogP contribution < -0.4 is 15.8 Å². The molecule has 5 nitrogen and oxygen atoms in total. The van der Waals surface area contributed by atoms with E-state index in [2.05, 4.69) is 5.32 Å². The number of benzene rings is 1. The highest BCUT2D eigenvalue weighted by atomic mass is 16.5. The average Bonchev–Trinajstić information content (AvgIpc) is 2.92. The van der Waals surface area contributed by atoms with E-state index in [1.165, 1.54) is 0 Å². The summed E-state index contributed by atoms with van der Waals surface area (Å²) in [4.78, 5) is 11.8. The lowest BCUT2D eigenvalue weighted by atomic mass is 10.2. The summed E-state index contributed by atoms with van der Waals surface area (Å²) in [5.41, 5.74) is 6.67. The zero-order valence-corrected chi connectivity index (χ0v) is 11.8. The van der Waals surface area contributed by atoms with Gasteiger partial charge in [0, 0.05) is 6.54 Å². The Bertz CT molecular complexity index is 450. The monoisotopic (exact) mass is 278 g/mol.